The average Bonchev–Trinajstić information content (AvgIpc) is 2.63. The molecular weight excluding hydrogens is 402 g/mol. The summed E-state index contributed by atoms with van der Waals surface area (Å²) in [4.78, 5) is 24.4. The van der Waals surface area contributed by atoms with Gasteiger partial charge in [-0.2, -0.15) is 0 Å². The van der Waals surface area contributed by atoms with Gasteiger partial charge in [-0.25, -0.2) is 13.1 Å². The molecule has 0 bridgehead atoms. The second-order valence-electron chi connectivity index (χ2n) is 6.40. The molecule has 150 valence electrons. The normalized spacial score (nSPS) is 12.4. The number of ketones is 1. The van der Waals surface area contributed by atoms with E-state index < -0.39 is 22.1 Å². The Morgan fingerprint density at radius 1 is 1.07 bits per heavy atom. The second-order valence-corrected chi connectivity index (χ2v) is 8.60. The monoisotopic (exact) mass is 423 g/mol. The van der Waals surface area contributed by atoms with Gasteiger partial charge in [0.1, 0.15) is 0 Å². The van der Waals surface area contributed by atoms with E-state index >= 15 is 0 Å². The Morgan fingerprint density at radius 3 is 2.32 bits per heavy atom. The number of benzene rings is 2. The molecule has 0 aliphatic heterocycles. The molecule has 0 radical (unpaired) electrons. The lowest BCUT2D eigenvalue weighted by atomic mass is 10.0. The molecule has 2 aromatic rings. The van der Waals surface area contributed by atoms with Gasteiger partial charge in [-0.3, -0.25) is 9.59 Å². The van der Waals surface area contributed by atoms with E-state index in [0.717, 1.165) is 11.1 Å². The molecule has 1 N–H and O–H groups in total. The van der Waals surface area contributed by atoms with E-state index in [-0.39, 0.29) is 23.6 Å². The van der Waals surface area contributed by atoms with Gasteiger partial charge in [0, 0.05) is 17.1 Å². The highest BCUT2D eigenvalue weighted by atomic mass is 35.5. The fourth-order valence-electron chi connectivity index (χ4n) is 2.42. The number of Topliss-reactive ketones (excluding diaryl/α,β-unsaturated/α-hetero) is 1. The third-order valence-corrected chi connectivity index (χ3v) is 5.94. The van der Waals surface area contributed by atoms with Crippen LogP contribution < -0.4 is 4.72 Å². The SMILES string of the molecule is Cc1ccc(C(=O)[C@H](C)OC(=O)CCNS(=O)(=O)c2ccc(Cl)cc2)cc1C. The minimum absolute atomic E-state index is 0.0450. The van der Waals surface area contributed by atoms with Crippen molar-refractivity contribution in [3.8, 4) is 0 Å². The summed E-state index contributed by atoms with van der Waals surface area (Å²) in [6.45, 7) is 5.19. The first-order chi connectivity index (χ1) is 13.1. The van der Waals surface area contributed by atoms with Crippen molar-refractivity contribution in [3.05, 3.63) is 64.2 Å². The molecule has 28 heavy (non-hydrogen) atoms. The van der Waals surface area contributed by atoms with Gasteiger partial charge in [-0.15, -0.1) is 0 Å². The number of rotatable bonds is 8. The maximum absolute atomic E-state index is 12.4. The zero-order valence-corrected chi connectivity index (χ0v) is 17.4. The van der Waals surface area contributed by atoms with E-state index in [1.54, 1.807) is 12.1 Å². The molecule has 0 aliphatic carbocycles. The Hall–Kier alpha value is -2.22. The minimum Gasteiger partial charge on any atom is -0.454 e. The fourth-order valence-corrected chi connectivity index (χ4v) is 3.58. The molecule has 0 heterocycles. The van der Waals surface area contributed by atoms with Gasteiger partial charge in [0.05, 0.1) is 11.3 Å². The van der Waals surface area contributed by atoms with Gasteiger partial charge < -0.3 is 4.74 Å². The highest BCUT2D eigenvalue weighted by molar-refractivity contribution is 7.89. The summed E-state index contributed by atoms with van der Waals surface area (Å²) >= 11 is 5.74. The number of esters is 1. The maximum atomic E-state index is 12.4. The van der Waals surface area contributed by atoms with Crippen molar-refractivity contribution < 1.29 is 22.7 Å². The van der Waals surface area contributed by atoms with Crippen molar-refractivity contribution in [2.45, 2.75) is 38.2 Å². The molecule has 0 saturated carbocycles. The lowest BCUT2D eigenvalue weighted by Crippen LogP contribution is -2.29. The smallest absolute Gasteiger partial charge is 0.307 e. The molecule has 0 aliphatic rings. The van der Waals surface area contributed by atoms with Crippen LogP contribution in [0.4, 0.5) is 0 Å². The third-order valence-electron chi connectivity index (χ3n) is 4.21. The summed E-state index contributed by atoms with van der Waals surface area (Å²) in [5, 5.41) is 0.421. The molecule has 0 fully saturated rings. The van der Waals surface area contributed by atoms with Crippen LogP contribution in [0.5, 0.6) is 0 Å². The molecular formula is C20H22ClNO5S. The minimum atomic E-state index is -3.75. The molecule has 2 rings (SSSR count). The van der Waals surface area contributed by atoms with Crippen LogP contribution in [-0.4, -0.2) is 32.8 Å². The van der Waals surface area contributed by atoms with Crippen LogP contribution in [0.15, 0.2) is 47.4 Å². The lowest BCUT2D eigenvalue weighted by Gasteiger charge is -2.13. The van der Waals surface area contributed by atoms with E-state index in [1.807, 2.05) is 19.9 Å². The van der Waals surface area contributed by atoms with Crippen LogP contribution >= 0.6 is 11.6 Å². The Balaban J connectivity index is 1.86. The van der Waals surface area contributed by atoms with Gasteiger partial charge in [0.15, 0.2) is 6.10 Å². The van der Waals surface area contributed by atoms with E-state index in [1.165, 1.54) is 31.2 Å². The number of ether oxygens (including phenoxy) is 1. The molecule has 0 spiro atoms. The molecule has 0 aromatic heterocycles. The number of carbonyl (C=O) groups excluding carboxylic acids is 2. The number of halogens is 1. The topological polar surface area (TPSA) is 89.5 Å². The van der Waals surface area contributed by atoms with Gasteiger partial charge in [0.2, 0.25) is 15.8 Å². The summed E-state index contributed by atoms with van der Waals surface area (Å²) < 4.78 is 31.7. The first-order valence-electron chi connectivity index (χ1n) is 8.66. The van der Waals surface area contributed by atoms with Crippen molar-refractivity contribution in [3.63, 3.8) is 0 Å². The van der Waals surface area contributed by atoms with Crippen LogP contribution in [0.1, 0.15) is 34.8 Å². The summed E-state index contributed by atoms with van der Waals surface area (Å²) in [6.07, 6.45) is -1.15. The number of sulfonamides is 1. The van der Waals surface area contributed by atoms with Gasteiger partial charge in [-0.05, 0) is 62.2 Å². The van der Waals surface area contributed by atoms with Gasteiger partial charge in [0.25, 0.3) is 0 Å². The first-order valence-corrected chi connectivity index (χ1v) is 10.5. The molecule has 2 aromatic carbocycles. The molecule has 0 saturated heterocycles. The molecule has 1 atom stereocenters. The van der Waals surface area contributed by atoms with Crippen LogP contribution in [0.25, 0.3) is 0 Å². The predicted octanol–water partition coefficient (Wildman–Crippen LogP) is 3.44. The van der Waals surface area contributed by atoms with Gasteiger partial charge in [-0.1, -0.05) is 23.7 Å². The lowest BCUT2D eigenvalue weighted by molar-refractivity contribution is -0.146. The highest BCUT2D eigenvalue weighted by Gasteiger charge is 2.20. The van der Waals surface area contributed by atoms with Crippen molar-refractivity contribution in [1.29, 1.82) is 0 Å². The molecule has 0 unspecified atom stereocenters. The summed E-state index contributed by atoms with van der Waals surface area (Å²) in [6, 6.07) is 10.9. The summed E-state index contributed by atoms with van der Waals surface area (Å²) in [7, 11) is -3.75. The van der Waals surface area contributed by atoms with Crippen molar-refractivity contribution in [2.24, 2.45) is 0 Å². The number of hydrogen-bond acceptors (Lipinski definition) is 5. The van der Waals surface area contributed by atoms with Crippen LogP contribution in [0.3, 0.4) is 0 Å². The van der Waals surface area contributed by atoms with Crippen LogP contribution in [0, 0.1) is 13.8 Å². The quantitative estimate of drug-likeness (QED) is 0.519. The molecule has 0 amide bonds. The number of hydrogen-bond donors (Lipinski definition) is 1. The Labute approximate surface area is 169 Å². The van der Waals surface area contributed by atoms with E-state index in [9.17, 15) is 18.0 Å². The van der Waals surface area contributed by atoms with Crippen molar-refractivity contribution in [1.82, 2.24) is 4.72 Å². The maximum Gasteiger partial charge on any atom is 0.307 e. The average molecular weight is 424 g/mol. The number of aryl methyl sites for hydroxylation is 2. The van der Waals surface area contributed by atoms with Crippen molar-refractivity contribution in [2.75, 3.05) is 6.54 Å². The molecule has 6 nitrogen and oxygen atoms in total. The second kappa shape index (κ2) is 9.32. The molecule has 8 heteroatoms. The fraction of sp³-hybridized carbons (Fsp3) is 0.300. The zero-order valence-electron chi connectivity index (χ0n) is 15.9. The van der Waals surface area contributed by atoms with Gasteiger partial charge >= 0.3 is 5.97 Å². The van der Waals surface area contributed by atoms with Crippen LogP contribution in [0.2, 0.25) is 5.02 Å². The summed E-state index contributed by atoms with van der Waals surface area (Å²) in [5.41, 5.74) is 2.50. The van der Waals surface area contributed by atoms with Crippen LogP contribution in [-0.2, 0) is 19.6 Å². The van der Waals surface area contributed by atoms with E-state index in [2.05, 4.69) is 4.72 Å². The van der Waals surface area contributed by atoms with E-state index in [0.29, 0.717) is 10.6 Å². The third kappa shape index (κ3) is 5.89. The van der Waals surface area contributed by atoms with E-state index in [4.69, 9.17) is 16.3 Å². The zero-order chi connectivity index (χ0) is 20.9. The Morgan fingerprint density at radius 2 is 1.71 bits per heavy atom. The Bertz CT molecular complexity index is 971. The standard InChI is InChI=1S/C20H22ClNO5S/c1-13-4-5-16(12-14(13)2)20(24)15(3)27-19(23)10-11-22-28(25,26)18-8-6-17(21)7-9-18/h4-9,12,15,22H,10-11H2,1-3H3/t15-/m0/s1. The number of carbonyl (C=O) groups is 2. The Kier molecular flexibility index (Phi) is 7.35. The largest absolute Gasteiger partial charge is 0.454 e. The first kappa shape index (κ1) is 22.1. The number of nitrogens with one attached hydrogen (secondary N) is 1. The van der Waals surface area contributed by atoms with Crippen molar-refractivity contribution >= 4 is 33.4 Å². The predicted molar refractivity (Wildman–Crippen MR) is 107 cm³/mol. The summed E-state index contributed by atoms with van der Waals surface area (Å²) in [5.74, 6) is -0.971. The highest BCUT2D eigenvalue weighted by Crippen LogP contribution is 2.15.